The molecule has 0 radical (unpaired) electrons. The molecule has 0 heterocycles. The molecule has 0 spiro atoms. The van der Waals surface area contributed by atoms with E-state index in [-0.39, 0.29) is 34.0 Å². The van der Waals surface area contributed by atoms with Crippen LogP contribution < -0.4 is 0 Å². The predicted molar refractivity (Wildman–Crippen MR) is 146 cm³/mol. The first-order chi connectivity index (χ1) is 18.9. The number of phenols is 2. The van der Waals surface area contributed by atoms with Crippen LogP contribution in [0.25, 0.3) is 12.2 Å². The highest BCUT2D eigenvalue weighted by atomic mass is 32.2. The molecule has 0 aliphatic rings. The van der Waals surface area contributed by atoms with Crippen molar-refractivity contribution in [3.63, 3.8) is 0 Å². The van der Waals surface area contributed by atoms with Crippen LogP contribution in [-0.4, -0.2) is 36.2 Å². The first-order valence-electron chi connectivity index (χ1n) is 11.2. The third kappa shape index (κ3) is 7.42. The molecule has 4 N–H and O–H groups in total. The first-order valence-corrected chi connectivity index (χ1v) is 14.1. The lowest BCUT2D eigenvalue weighted by Gasteiger charge is -2.06. The summed E-state index contributed by atoms with van der Waals surface area (Å²) in [6.07, 6.45) is 2.48. The molecule has 204 valence electrons. The van der Waals surface area contributed by atoms with Crippen molar-refractivity contribution in [1.29, 1.82) is 0 Å². The van der Waals surface area contributed by atoms with Crippen LogP contribution >= 0.6 is 0 Å². The van der Waals surface area contributed by atoms with Gasteiger partial charge in [-0.3, -0.25) is 9.11 Å². The molecule has 40 heavy (non-hydrogen) atoms. The molecule has 0 aliphatic heterocycles. The zero-order valence-electron chi connectivity index (χ0n) is 20.3. The molecule has 12 nitrogen and oxygen atoms in total. The third-order valence-electron chi connectivity index (χ3n) is 5.25. The van der Waals surface area contributed by atoms with E-state index in [1.54, 1.807) is 0 Å². The van der Waals surface area contributed by atoms with Crippen LogP contribution in [0.1, 0.15) is 11.1 Å². The molecule has 0 saturated carbocycles. The molecule has 0 amide bonds. The topological polar surface area (TPSA) is 199 Å². The number of hydrogen-bond donors (Lipinski definition) is 4. The third-order valence-corrected chi connectivity index (χ3v) is 7.07. The van der Waals surface area contributed by atoms with Gasteiger partial charge in [-0.2, -0.15) is 37.3 Å². The normalized spacial score (nSPS) is 12.6. The average Bonchev–Trinajstić information content (AvgIpc) is 2.90. The summed E-state index contributed by atoms with van der Waals surface area (Å²) in [7, 11) is -9.45. The molecule has 0 unspecified atom stereocenters. The number of hydrogen-bond acceptors (Lipinski definition) is 10. The molecule has 0 saturated heterocycles. The minimum Gasteiger partial charge on any atom is -0.508 e. The summed E-state index contributed by atoms with van der Waals surface area (Å²) in [5, 5.41) is 34.5. The van der Waals surface area contributed by atoms with E-state index >= 15 is 0 Å². The van der Waals surface area contributed by atoms with Crippen molar-refractivity contribution in [2.75, 3.05) is 0 Å². The van der Waals surface area contributed by atoms with Gasteiger partial charge < -0.3 is 10.2 Å². The van der Waals surface area contributed by atoms with Crippen LogP contribution in [0.3, 0.4) is 0 Å². The lowest BCUT2D eigenvalue weighted by molar-refractivity contribution is 0.475. The highest BCUT2D eigenvalue weighted by Gasteiger charge is 2.17. The zero-order chi connectivity index (χ0) is 28.9. The van der Waals surface area contributed by atoms with Crippen LogP contribution in [0.15, 0.2) is 115 Å². The fourth-order valence-corrected chi connectivity index (χ4v) is 4.75. The van der Waals surface area contributed by atoms with Gasteiger partial charge in [-0.05, 0) is 83.9 Å². The molecular formula is C26H20N4O8S2. The van der Waals surface area contributed by atoms with Crippen molar-refractivity contribution < 1.29 is 36.2 Å². The average molecular weight is 581 g/mol. The van der Waals surface area contributed by atoms with Crippen molar-refractivity contribution in [3.8, 4) is 11.5 Å². The maximum absolute atomic E-state index is 12.1. The Labute approximate surface area is 228 Å². The van der Waals surface area contributed by atoms with Crippen LogP contribution in [0.2, 0.25) is 0 Å². The van der Waals surface area contributed by atoms with E-state index < -0.39 is 30.0 Å². The Hall–Kier alpha value is -4.76. The molecule has 4 rings (SSSR count). The smallest absolute Gasteiger partial charge is 0.295 e. The van der Waals surface area contributed by atoms with Gasteiger partial charge in [0.15, 0.2) is 0 Å². The minimum atomic E-state index is -4.73. The second kappa shape index (κ2) is 11.5. The summed E-state index contributed by atoms with van der Waals surface area (Å²) in [6, 6.07) is 19.2. The van der Waals surface area contributed by atoms with Crippen molar-refractivity contribution in [1.82, 2.24) is 0 Å². The largest absolute Gasteiger partial charge is 0.508 e. The lowest BCUT2D eigenvalue weighted by Crippen LogP contribution is -2.01. The number of benzene rings is 4. The van der Waals surface area contributed by atoms with Gasteiger partial charge in [-0.1, -0.05) is 24.3 Å². The van der Waals surface area contributed by atoms with Crippen molar-refractivity contribution in [2.24, 2.45) is 20.5 Å². The summed E-state index contributed by atoms with van der Waals surface area (Å²) in [6.45, 7) is 0. The molecule has 4 aromatic rings. The van der Waals surface area contributed by atoms with Crippen molar-refractivity contribution in [3.05, 3.63) is 96.1 Å². The molecule has 0 fully saturated rings. The molecule has 4 aromatic carbocycles. The summed E-state index contributed by atoms with van der Waals surface area (Å²) in [5.41, 5.74) is 0.976. The van der Waals surface area contributed by atoms with Gasteiger partial charge in [-0.25, -0.2) is 0 Å². The standard InChI is InChI=1S/C26H20N4O8S2/c31-23-11-7-19(8-12-23)27-29-21-5-3-17(25(15-21)39(33,34)35)1-2-18-4-6-22(16-26(18)40(36,37)38)30-28-20-9-13-24(32)14-10-20/h1-16,31-32H,(H,33,34,35)(H,36,37,38)/b2-1+,29-27?,30-28?. The molecule has 14 heteroatoms. The number of aromatic hydroxyl groups is 2. The van der Waals surface area contributed by atoms with E-state index in [9.17, 15) is 36.2 Å². The summed E-state index contributed by atoms with van der Waals surface area (Å²) in [4.78, 5) is -1.03. The van der Waals surface area contributed by atoms with Crippen LogP contribution in [0.4, 0.5) is 22.7 Å². The van der Waals surface area contributed by atoms with E-state index in [4.69, 9.17) is 0 Å². The quantitative estimate of drug-likeness (QED) is 0.101. The van der Waals surface area contributed by atoms with Crippen molar-refractivity contribution in [2.45, 2.75) is 9.79 Å². The molecular weight excluding hydrogens is 560 g/mol. The second-order valence-corrected chi connectivity index (χ2v) is 10.9. The zero-order valence-corrected chi connectivity index (χ0v) is 21.9. The van der Waals surface area contributed by atoms with Gasteiger partial charge in [0.2, 0.25) is 0 Å². The minimum absolute atomic E-state index is 0.00321. The second-order valence-electron chi connectivity index (χ2n) is 8.16. The number of azo groups is 2. The van der Waals surface area contributed by atoms with E-state index in [0.29, 0.717) is 11.4 Å². The lowest BCUT2D eigenvalue weighted by atomic mass is 10.1. The highest BCUT2D eigenvalue weighted by molar-refractivity contribution is 7.86. The highest BCUT2D eigenvalue weighted by Crippen LogP contribution is 2.29. The van der Waals surface area contributed by atoms with Crippen LogP contribution in [0.5, 0.6) is 11.5 Å². The van der Waals surface area contributed by atoms with Gasteiger partial charge in [0.05, 0.1) is 22.7 Å². The maximum atomic E-state index is 12.1. The Morgan fingerprint density at radius 3 is 1.10 bits per heavy atom. The van der Waals surface area contributed by atoms with Gasteiger partial charge in [-0.15, -0.1) is 0 Å². The molecule has 0 bridgehead atoms. The Morgan fingerprint density at radius 1 is 0.475 bits per heavy atom. The van der Waals surface area contributed by atoms with E-state index in [2.05, 4.69) is 20.5 Å². The predicted octanol–water partition coefficient (Wildman–Crippen LogP) is 6.59. The van der Waals surface area contributed by atoms with E-state index in [1.807, 2.05) is 0 Å². The summed E-state index contributed by atoms with van der Waals surface area (Å²) < 4.78 is 67.7. The number of nitrogens with zero attached hydrogens (tertiary/aromatic N) is 4. The molecule has 0 aliphatic carbocycles. The van der Waals surface area contributed by atoms with E-state index in [1.165, 1.54) is 84.9 Å². The van der Waals surface area contributed by atoms with Crippen molar-refractivity contribution >= 4 is 55.1 Å². The fourth-order valence-electron chi connectivity index (χ4n) is 3.34. The fraction of sp³-hybridized carbons (Fsp3) is 0. The Balaban J connectivity index is 1.66. The number of phenolic OH excluding ortho intramolecular Hbond substituents is 2. The Bertz CT molecular complexity index is 1720. The first kappa shape index (κ1) is 28.3. The van der Waals surface area contributed by atoms with Gasteiger partial charge in [0, 0.05) is 0 Å². The van der Waals surface area contributed by atoms with Gasteiger partial charge in [0.1, 0.15) is 21.3 Å². The maximum Gasteiger partial charge on any atom is 0.295 e. The summed E-state index contributed by atoms with van der Waals surface area (Å²) >= 11 is 0. The van der Waals surface area contributed by atoms with Gasteiger partial charge >= 0.3 is 0 Å². The monoisotopic (exact) mass is 580 g/mol. The van der Waals surface area contributed by atoms with Gasteiger partial charge in [0.25, 0.3) is 20.2 Å². The molecule has 0 aromatic heterocycles. The van der Waals surface area contributed by atoms with Crippen LogP contribution in [0, 0.1) is 0 Å². The molecule has 0 atom stereocenters. The summed E-state index contributed by atoms with van der Waals surface area (Å²) in [5.74, 6) is 0.0723. The van der Waals surface area contributed by atoms with Crippen LogP contribution in [-0.2, 0) is 20.2 Å². The Kier molecular flexibility index (Phi) is 8.16. The number of rotatable bonds is 8. The van der Waals surface area contributed by atoms with E-state index in [0.717, 1.165) is 12.1 Å². The Morgan fingerprint density at radius 2 is 0.775 bits per heavy atom. The SMILES string of the molecule is O=S(=O)(O)c1cc(N=Nc2ccc(O)cc2)ccc1/C=C/c1ccc(N=Nc2ccc(O)cc2)cc1S(=O)(=O)O.